The minimum Gasteiger partial charge on any atom is -0.296 e. The molecule has 0 amide bonds. The molecule has 2 rings (SSSR count). The topological polar surface area (TPSA) is 47.8 Å². The molecular formula is C16H27N3O. The molecule has 0 aliphatic heterocycles. The van der Waals surface area contributed by atoms with Crippen LogP contribution in [0.5, 0.6) is 0 Å². The molecule has 1 fully saturated rings. The van der Waals surface area contributed by atoms with Gasteiger partial charge in [-0.3, -0.25) is 4.79 Å². The van der Waals surface area contributed by atoms with Crippen LogP contribution in [0.25, 0.3) is 0 Å². The molecule has 0 unspecified atom stereocenters. The number of aromatic nitrogens is 3. The lowest BCUT2D eigenvalue weighted by Crippen LogP contribution is -2.14. The van der Waals surface area contributed by atoms with Crippen LogP contribution in [-0.4, -0.2) is 21.3 Å². The Hall–Kier alpha value is -1.19. The Morgan fingerprint density at radius 2 is 1.90 bits per heavy atom. The molecule has 1 aromatic rings. The van der Waals surface area contributed by atoms with Gasteiger partial charge >= 0.3 is 0 Å². The third-order valence-corrected chi connectivity index (χ3v) is 4.38. The molecule has 1 heterocycles. The van der Waals surface area contributed by atoms with Crippen LogP contribution in [0.1, 0.15) is 93.2 Å². The van der Waals surface area contributed by atoms with E-state index >= 15 is 0 Å². The summed E-state index contributed by atoms with van der Waals surface area (Å²) in [6.07, 6.45) is 13.4. The molecule has 20 heavy (non-hydrogen) atoms. The number of carbonyl (C=O) groups excluding carboxylic acids is 1. The van der Waals surface area contributed by atoms with Crippen LogP contribution in [0.2, 0.25) is 0 Å². The van der Waals surface area contributed by atoms with Gasteiger partial charge in [-0.05, 0) is 19.3 Å². The lowest BCUT2D eigenvalue weighted by atomic mass is 9.86. The van der Waals surface area contributed by atoms with E-state index in [0.717, 1.165) is 24.9 Å². The summed E-state index contributed by atoms with van der Waals surface area (Å²) in [5.41, 5.74) is 1.68. The Kier molecular flexibility index (Phi) is 6.22. The quantitative estimate of drug-likeness (QED) is 0.530. The number of hydrogen-bond donors (Lipinski definition) is 0. The van der Waals surface area contributed by atoms with Crippen LogP contribution < -0.4 is 0 Å². The lowest BCUT2D eigenvalue weighted by Gasteiger charge is -2.22. The SMILES string of the molecule is CCCCCCCn1nnc(C=O)c1C1CCCCC1. The molecule has 1 aliphatic carbocycles. The van der Waals surface area contributed by atoms with Crippen LogP contribution >= 0.6 is 0 Å². The summed E-state index contributed by atoms with van der Waals surface area (Å²) >= 11 is 0. The van der Waals surface area contributed by atoms with E-state index in [-0.39, 0.29) is 0 Å². The van der Waals surface area contributed by atoms with E-state index in [0.29, 0.717) is 11.6 Å². The summed E-state index contributed by atoms with van der Waals surface area (Å²) < 4.78 is 2.01. The summed E-state index contributed by atoms with van der Waals surface area (Å²) in [6.45, 7) is 3.14. The predicted octanol–water partition coefficient (Wildman–Crippen LogP) is 4.11. The number of hydrogen-bond acceptors (Lipinski definition) is 3. The predicted molar refractivity (Wildman–Crippen MR) is 80.0 cm³/mol. The molecule has 0 atom stereocenters. The normalized spacial score (nSPS) is 16.4. The van der Waals surface area contributed by atoms with Crippen LogP contribution in [0.3, 0.4) is 0 Å². The van der Waals surface area contributed by atoms with Gasteiger partial charge in [0.15, 0.2) is 6.29 Å². The highest BCUT2D eigenvalue weighted by molar-refractivity contribution is 5.73. The van der Waals surface area contributed by atoms with Crippen molar-refractivity contribution in [1.82, 2.24) is 15.0 Å². The van der Waals surface area contributed by atoms with E-state index in [1.165, 1.54) is 57.8 Å². The van der Waals surface area contributed by atoms with Gasteiger partial charge in [0.1, 0.15) is 5.69 Å². The summed E-state index contributed by atoms with van der Waals surface area (Å²) in [6, 6.07) is 0. The first-order chi connectivity index (χ1) is 9.86. The summed E-state index contributed by atoms with van der Waals surface area (Å²) in [7, 11) is 0. The van der Waals surface area contributed by atoms with Gasteiger partial charge in [0.25, 0.3) is 0 Å². The molecular weight excluding hydrogens is 250 g/mol. The van der Waals surface area contributed by atoms with Crippen molar-refractivity contribution in [2.24, 2.45) is 0 Å². The summed E-state index contributed by atoms with van der Waals surface area (Å²) in [5.74, 6) is 0.495. The van der Waals surface area contributed by atoms with Crippen LogP contribution in [0.15, 0.2) is 0 Å². The third-order valence-electron chi connectivity index (χ3n) is 4.38. The van der Waals surface area contributed by atoms with Crippen molar-refractivity contribution < 1.29 is 4.79 Å². The highest BCUT2D eigenvalue weighted by Gasteiger charge is 2.23. The molecule has 112 valence electrons. The Labute approximate surface area is 121 Å². The second kappa shape index (κ2) is 8.18. The average molecular weight is 277 g/mol. The molecule has 1 aliphatic rings. The van der Waals surface area contributed by atoms with E-state index in [4.69, 9.17) is 0 Å². The molecule has 0 saturated heterocycles. The Bertz CT molecular complexity index is 408. The number of rotatable bonds is 8. The maximum Gasteiger partial charge on any atom is 0.172 e. The van der Waals surface area contributed by atoms with Crippen LogP contribution in [0, 0.1) is 0 Å². The van der Waals surface area contributed by atoms with Gasteiger partial charge in [0, 0.05) is 12.5 Å². The minimum absolute atomic E-state index is 0.495. The van der Waals surface area contributed by atoms with Crippen molar-refractivity contribution in [1.29, 1.82) is 0 Å². The van der Waals surface area contributed by atoms with Gasteiger partial charge in [-0.2, -0.15) is 0 Å². The monoisotopic (exact) mass is 277 g/mol. The molecule has 1 aromatic heterocycles. The van der Waals surface area contributed by atoms with Crippen molar-refractivity contribution in [2.45, 2.75) is 83.6 Å². The first kappa shape index (κ1) is 15.2. The number of unbranched alkanes of at least 4 members (excludes halogenated alkanes) is 4. The molecule has 4 heteroatoms. The lowest BCUT2D eigenvalue weighted by molar-refractivity contribution is 0.111. The molecule has 0 radical (unpaired) electrons. The Balaban J connectivity index is 1.97. The highest BCUT2D eigenvalue weighted by atomic mass is 16.1. The van der Waals surface area contributed by atoms with Crippen molar-refractivity contribution >= 4 is 6.29 Å². The summed E-state index contributed by atoms with van der Waals surface area (Å²) in [4.78, 5) is 11.2. The molecule has 0 bridgehead atoms. The van der Waals surface area contributed by atoms with E-state index in [1.807, 2.05) is 4.68 Å². The van der Waals surface area contributed by atoms with Gasteiger partial charge in [0.05, 0.1) is 5.69 Å². The zero-order valence-corrected chi connectivity index (χ0v) is 12.7. The fourth-order valence-corrected chi connectivity index (χ4v) is 3.24. The van der Waals surface area contributed by atoms with Gasteiger partial charge in [-0.15, -0.1) is 5.10 Å². The second-order valence-electron chi connectivity index (χ2n) is 5.95. The summed E-state index contributed by atoms with van der Waals surface area (Å²) in [5, 5.41) is 8.29. The zero-order chi connectivity index (χ0) is 14.2. The standard InChI is InChI=1S/C16H27N3O/c1-2-3-4-5-9-12-19-16(15(13-20)17-18-19)14-10-7-6-8-11-14/h13-14H,2-12H2,1H3. The van der Waals surface area contributed by atoms with Gasteiger partial charge in [-0.1, -0.05) is 57.1 Å². The maximum absolute atomic E-state index is 11.2. The van der Waals surface area contributed by atoms with Gasteiger partial charge in [0.2, 0.25) is 0 Å². The number of aldehydes is 1. The zero-order valence-electron chi connectivity index (χ0n) is 12.7. The highest BCUT2D eigenvalue weighted by Crippen LogP contribution is 2.33. The molecule has 1 saturated carbocycles. The number of nitrogens with zero attached hydrogens (tertiary/aromatic N) is 3. The van der Waals surface area contributed by atoms with Crippen LogP contribution in [-0.2, 0) is 6.54 Å². The van der Waals surface area contributed by atoms with Crippen molar-refractivity contribution in [3.05, 3.63) is 11.4 Å². The molecule has 0 N–H and O–H groups in total. The van der Waals surface area contributed by atoms with E-state index in [2.05, 4.69) is 17.2 Å². The first-order valence-electron chi connectivity index (χ1n) is 8.25. The average Bonchev–Trinajstić information content (AvgIpc) is 2.91. The fraction of sp³-hybridized carbons (Fsp3) is 0.812. The molecule has 4 nitrogen and oxygen atoms in total. The minimum atomic E-state index is 0.495. The smallest absolute Gasteiger partial charge is 0.172 e. The third kappa shape index (κ3) is 3.90. The second-order valence-corrected chi connectivity index (χ2v) is 5.95. The molecule has 0 aromatic carbocycles. The largest absolute Gasteiger partial charge is 0.296 e. The van der Waals surface area contributed by atoms with E-state index in [1.54, 1.807) is 0 Å². The number of aryl methyl sites for hydroxylation is 1. The van der Waals surface area contributed by atoms with Crippen molar-refractivity contribution in [3.8, 4) is 0 Å². The van der Waals surface area contributed by atoms with Crippen molar-refractivity contribution in [2.75, 3.05) is 0 Å². The fourth-order valence-electron chi connectivity index (χ4n) is 3.24. The van der Waals surface area contributed by atoms with E-state index < -0.39 is 0 Å². The first-order valence-corrected chi connectivity index (χ1v) is 8.25. The van der Waals surface area contributed by atoms with Gasteiger partial charge in [-0.25, -0.2) is 4.68 Å². The molecule has 0 spiro atoms. The maximum atomic E-state index is 11.2. The van der Waals surface area contributed by atoms with Crippen LogP contribution in [0.4, 0.5) is 0 Å². The van der Waals surface area contributed by atoms with E-state index in [9.17, 15) is 4.79 Å². The Morgan fingerprint density at radius 1 is 1.15 bits per heavy atom. The van der Waals surface area contributed by atoms with Gasteiger partial charge < -0.3 is 0 Å². The number of carbonyl (C=O) groups is 1. The van der Waals surface area contributed by atoms with Crippen molar-refractivity contribution in [3.63, 3.8) is 0 Å². The Morgan fingerprint density at radius 3 is 2.60 bits per heavy atom.